The largest absolute Gasteiger partial charge is 0.491 e. The second-order valence-corrected chi connectivity index (χ2v) is 4.70. The predicted octanol–water partition coefficient (Wildman–Crippen LogP) is 0.839. The van der Waals surface area contributed by atoms with Gasteiger partial charge in [0.25, 0.3) is 0 Å². The molecule has 0 aliphatic heterocycles. The van der Waals surface area contributed by atoms with Gasteiger partial charge in [0, 0.05) is 19.6 Å². The van der Waals surface area contributed by atoms with Gasteiger partial charge in [-0.05, 0) is 31.8 Å². The number of nitrogens with one attached hydrogen (secondary N) is 1. The van der Waals surface area contributed by atoms with Gasteiger partial charge in [-0.25, -0.2) is 0 Å². The summed E-state index contributed by atoms with van der Waals surface area (Å²) in [6, 6.07) is 8.97. The van der Waals surface area contributed by atoms with Crippen LogP contribution in [0.1, 0.15) is 12.5 Å². The monoisotopic (exact) mass is 277 g/mol. The summed E-state index contributed by atoms with van der Waals surface area (Å²) >= 11 is 0. The lowest BCUT2D eigenvalue weighted by atomic mass is 10.2. The first-order chi connectivity index (χ1) is 9.65. The van der Waals surface area contributed by atoms with Gasteiger partial charge in [-0.3, -0.25) is 0 Å². The van der Waals surface area contributed by atoms with Crippen LogP contribution in [0.25, 0.3) is 0 Å². The number of benzene rings is 1. The molecule has 1 atom stereocenters. The highest BCUT2D eigenvalue weighted by atomic mass is 16.5. The van der Waals surface area contributed by atoms with Crippen LogP contribution in [0.2, 0.25) is 0 Å². The zero-order chi connectivity index (χ0) is 14.8. The normalized spacial score (nSPS) is 12.2. The third-order valence-electron chi connectivity index (χ3n) is 3.00. The summed E-state index contributed by atoms with van der Waals surface area (Å²) in [5, 5.41) is 21.8. The molecule has 5 heteroatoms. The molecule has 0 saturated heterocycles. The molecule has 0 bridgehead atoms. The highest BCUT2D eigenvalue weighted by Crippen LogP contribution is 2.12. The maximum atomic E-state index is 9.79. The van der Waals surface area contributed by atoms with Crippen molar-refractivity contribution in [3.63, 3.8) is 0 Å². The average Bonchev–Trinajstić information content (AvgIpc) is 2.49. The van der Waals surface area contributed by atoms with Gasteiger partial charge in [0.2, 0.25) is 0 Å². The Hall–Kier alpha value is -1.61. The summed E-state index contributed by atoms with van der Waals surface area (Å²) in [5.74, 6) is 0.605. The van der Waals surface area contributed by atoms with Crippen molar-refractivity contribution in [1.82, 2.24) is 10.2 Å². The molecular weight excluding hydrogens is 254 g/mol. The van der Waals surface area contributed by atoms with Gasteiger partial charge < -0.3 is 20.1 Å². The fraction of sp³-hybridized carbons (Fsp3) is 0.533. The molecular formula is C15H23N3O2. The second kappa shape index (κ2) is 9.32. The van der Waals surface area contributed by atoms with Crippen molar-refractivity contribution >= 4 is 0 Å². The fourth-order valence-electron chi connectivity index (χ4n) is 1.60. The molecule has 0 radical (unpaired) electrons. The topological polar surface area (TPSA) is 68.5 Å². The van der Waals surface area contributed by atoms with Gasteiger partial charge in [0.15, 0.2) is 0 Å². The summed E-state index contributed by atoms with van der Waals surface area (Å²) in [6.45, 7) is 5.63. The van der Waals surface area contributed by atoms with Gasteiger partial charge in [-0.15, -0.1) is 0 Å². The van der Waals surface area contributed by atoms with Crippen LogP contribution in [-0.4, -0.2) is 55.9 Å². The molecule has 0 saturated carbocycles. The van der Waals surface area contributed by atoms with Crippen molar-refractivity contribution < 1.29 is 9.84 Å². The van der Waals surface area contributed by atoms with Crippen LogP contribution in [-0.2, 0) is 0 Å². The van der Waals surface area contributed by atoms with Gasteiger partial charge >= 0.3 is 0 Å². The van der Waals surface area contributed by atoms with Gasteiger partial charge in [0.1, 0.15) is 18.5 Å². The van der Waals surface area contributed by atoms with E-state index in [1.165, 1.54) is 0 Å². The van der Waals surface area contributed by atoms with Gasteiger partial charge in [0.05, 0.1) is 11.6 Å². The molecule has 1 aromatic rings. The summed E-state index contributed by atoms with van der Waals surface area (Å²) in [6.07, 6.45) is -0.562. The van der Waals surface area contributed by atoms with Crippen molar-refractivity contribution in [2.24, 2.45) is 0 Å². The minimum Gasteiger partial charge on any atom is -0.491 e. The highest BCUT2D eigenvalue weighted by Gasteiger charge is 2.05. The minimum atomic E-state index is -0.562. The number of hydrogen-bond donors (Lipinski definition) is 2. The second-order valence-electron chi connectivity index (χ2n) is 4.70. The molecule has 110 valence electrons. The van der Waals surface area contributed by atoms with Crippen LogP contribution >= 0.6 is 0 Å². The highest BCUT2D eigenvalue weighted by molar-refractivity contribution is 5.36. The number of aliphatic hydroxyl groups is 1. The fourth-order valence-corrected chi connectivity index (χ4v) is 1.60. The van der Waals surface area contributed by atoms with Crippen LogP contribution in [0.5, 0.6) is 5.75 Å². The van der Waals surface area contributed by atoms with Crippen molar-refractivity contribution in [2.75, 3.05) is 39.8 Å². The molecule has 0 heterocycles. The Labute approximate surface area is 120 Å². The van der Waals surface area contributed by atoms with Crippen LogP contribution in [0.3, 0.4) is 0 Å². The van der Waals surface area contributed by atoms with E-state index in [1.54, 1.807) is 24.3 Å². The SMILES string of the molecule is CCN(C)CCNCC(O)COc1cccc(C#N)c1. The summed E-state index contributed by atoms with van der Waals surface area (Å²) in [5.41, 5.74) is 0.553. The number of rotatable bonds is 9. The Kier molecular flexibility index (Phi) is 7.66. The third kappa shape index (κ3) is 6.53. The molecule has 0 spiro atoms. The van der Waals surface area contributed by atoms with E-state index >= 15 is 0 Å². The minimum absolute atomic E-state index is 0.214. The van der Waals surface area contributed by atoms with Crippen LogP contribution in [0.4, 0.5) is 0 Å². The summed E-state index contributed by atoms with van der Waals surface area (Å²) in [7, 11) is 2.06. The molecule has 20 heavy (non-hydrogen) atoms. The van der Waals surface area contributed by atoms with Crippen LogP contribution in [0, 0.1) is 11.3 Å². The van der Waals surface area contributed by atoms with Crippen LogP contribution in [0.15, 0.2) is 24.3 Å². The van der Waals surface area contributed by atoms with E-state index in [2.05, 4.69) is 30.3 Å². The van der Waals surface area contributed by atoms with E-state index in [-0.39, 0.29) is 6.61 Å². The van der Waals surface area contributed by atoms with E-state index in [1.807, 2.05) is 0 Å². The molecule has 0 fully saturated rings. The summed E-state index contributed by atoms with van der Waals surface area (Å²) in [4.78, 5) is 2.20. The van der Waals surface area contributed by atoms with E-state index in [0.29, 0.717) is 17.9 Å². The number of nitrogens with zero attached hydrogens (tertiary/aromatic N) is 2. The Balaban J connectivity index is 2.19. The number of ether oxygens (including phenoxy) is 1. The van der Waals surface area contributed by atoms with Crippen LogP contribution < -0.4 is 10.1 Å². The summed E-state index contributed by atoms with van der Waals surface area (Å²) < 4.78 is 5.46. The molecule has 2 N–H and O–H groups in total. The number of nitriles is 1. The van der Waals surface area contributed by atoms with Crippen molar-refractivity contribution in [1.29, 1.82) is 5.26 Å². The van der Waals surface area contributed by atoms with E-state index in [4.69, 9.17) is 10.00 Å². The van der Waals surface area contributed by atoms with Crippen molar-refractivity contribution in [2.45, 2.75) is 13.0 Å². The zero-order valence-electron chi connectivity index (χ0n) is 12.2. The Bertz CT molecular complexity index is 431. The zero-order valence-corrected chi connectivity index (χ0v) is 12.2. The van der Waals surface area contributed by atoms with Gasteiger partial charge in [-0.1, -0.05) is 13.0 Å². The smallest absolute Gasteiger partial charge is 0.120 e. The number of aliphatic hydroxyl groups excluding tert-OH is 1. The van der Waals surface area contributed by atoms with Crippen molar-refractivity contribution in [3.8, 4) is 11.8 Å². The predicted molar refractivity (Wildman–Crippen MR) is 78.7 cm³/mol. The van der Waals surface area contributed by atoms with E-state index in [9.17, 15) is 5.11 Å². The lowest BCUT2D eigenvalue weighted by Gasteiger charge is -2.16. The Morgan fingerprint density at radius 1 is 1.50 bits per heavy atom. The lowest BCUT2D eigenvalue weighted by molar-refractivity contribution is 0.106. The third-order valence-corrected chi connectivity index (χ3v) is 3.00. The average molecular weight is 277 g/mol. The number of hydrogen-bond acceptors (Lipinski definition) is 5. The molecule has 0 aromatic heterocycles. The first-order valence-electron chi connectivity index (χ1n) is 6.86. The molecule has 1 rings (SSSR count). The van der Waals surface area contributed by atoms with E-state index < -0.39 is 6.10 Å². The first kappa shape index (κ1) is 16.4. The van der Waals surface area contributed by atoms with E-state index in [0.717, 1.165) is 19.6 Å². The Morgan fingerprint density at radius 3 is 3.00 bits per heavy atom. The maximum absolute atomic E-state index is 9.79. The quantitative estimate of drug-likeness (QED) is 0.655. The molecule has 1 unspecified atom stereocenters. The molecule has 1 aromatic carbocycles. The first-order valence-corrected chi connectivity index (χ1v) is 6.86. The molecule has 5 nitrogen and oxygen atoms in total. The molecule has 0 amide bonds. The Morgan fingerprint density at radius 2 is 2.30 bits per heavy atom. The molecule has 0 aliphatic carbocycles. The van der Waals surface area contributed by atoms with Crippen molar-refractivity contribution in [3.05, 3.63) is 29.8 Å². The standard InChI is InChI=1S/C15H23N3O2/c1-3-18(2)8-7-17-11-14(19)12-20-15-6-4-5-13(9-15)10-16/h4-6,9,14,17,19H,3,7-8,11-12H2,1-2H3. The number of likely N-dealkylation sites (N-methyl/N-ethyl adjacent to an activating group) is 1. The van der Waals surface area contributed by atoms with Gasteiger partial charge in [-0.2, -0.15) is 5.26 Å². The maximum Gasteiger partial charge on any atom is 0.120 e. The lowest BCUT2D eigenvalue weighted by Crippen LogP contribution is -2.36. The molecule has 0 aliphatic rings.